The minimum atomic E-state index is 0. The number of nitrogens with zero attached hydrogens (tertiary/aromatic N) is 5. The van der Waals surface area contributed by atoms with Gasteiger partial charge in [-0.2, -0.15) is 12.1 Å². The van der Waals surface area contributed by atoms with Gasteiger partial charge in [0.15, 0.2) is 0 Å². The van der Waals surface area contributed by atoms with Gasteiger partial charge in [-0.15, -0.1) is 35.7 Å². The average molecular weight is 719 g/mol. The SMILES string of the molecule is Cc1nc2n(-c3[c-]c(Oc4[c-]c5c(cc4)c4ccccc4n5-c4cc(C(C)(C)C)ccn4)ccc3)ccn2c1C.[Pt+2]. The Labute approximate surface area is 253 Å². The molecule has 0 amide bonds. The second kappa shape index (κ2) is 10.0. The van der Waals surface area contributed by atoms with Crippen LogP contribution in [0.4, 0.5) is 0 Å². The minimum absolute atomic E-state index is 0. The summed E-state index contributed by atoms with van der Waals surface area (Å²) < 4.78 is 12.6. The third kappa shape index (κ3) is 4.57. The molecule has 0 aliphatic carbocycles. The predicted octanol–water partition coefficient (Wildman–Crippen LogP) is 7.92. The molecule has 4 heterocycles. The number of imidazole rings is 2. The Balaban J connectivity index is 0.00000302. The number of hydrogen-bond donors (Lipinski definition) is 0. The predicted molar refractivity (Wildman–Crippen MR) is 159 cm³/mol. The van der Waals surface area contributed by atoms with Crippen molar-refractivity contribution in [1.82, 2.24) is 23.5 Å². The van der Waals surface area contributed by atoms with E-state index in [2.05, 4.69) is 91.3 Å². The molecule has 206 valence electrons. The van der Waals surface area contributed by atoms with Crippen molar-refractivity contribution in [2.45, 2.75) is 40.0 Å². The molecular weight excluding hydrogens is 689 g/mol. The molecule has 0 radical (unpaired) electrons. The van der Waals surface area contributed by atoms with Crippen molar-refractivity contribution in [2.75, 3.05) is 0 Å². The molecule has 6 nitrogen and oxygen atoms in total. The van der Waals surface area contributed by atoms with E-state index in [0.717, 1.165) is 50.5 Å². The maximum absolute atomic E-state index is 6.35. The third-order valence-electron chi connectivity index (χ3n) is 7.58. The standard InChI is InChI=1S/C34H29N5O.Pt/c1-22-23(2)37-17-18-38(33(37)36-22)25-9-8-10-26(20-25)40-27-13-14-29-28-11-6-7-12-30(28)39(31(29)21-27)32-19-24(15-16-35-32)34(3,4)5;/h6-19H,1-5H3;/q-2;+2. The van der Waals surface area contributed by atoms with E-state index in [4.69, 9.17) is 14.7 Å². The molecule has 7 rings (SSSR count). The fourth-order valence-corrected chi connectivity index (χ4v) is 5.28. The van der Waals surface area contributed by atoms with Gasteiger partial charge in [-0.05, 0) is 48.4 Å². The molecule has 41 heavy (non-hydrogen) atoms. The van der Waals surface area contributed by atoms with Gasteiger partial charge < -0.3 is 13.9 Å². The van der Waals surface area contributed by atoms with Crippen LogP contribution in [-0.4, -0.2) is 23.5 Å². The normalized spacial score (nSPS) is 11.8. The molecule has 0 unspecified atom stereocenters. The number of pyridine rings is 1. The van der Waals surface area contributed by atoms with Crippen molar-refractivity contribution in [3.63, 3.8) is 0 Å². The summed E-state index contributed by atoms with van der Waals surface area (Å²) in [4.78, 5) is 9.49. The van der Waals surface area contributed by atoms with E-state index < -0.39 is 0 Å². The van der Waals surface area contributed by atoms with Crippen LogP contribution in [0.5, 0.6) is 11.5 Å². The fourth-order valence-electron chi connectivity index (χ4n) is 5.28. The van der Waals surface area contributed by atoms with E-state index in [1.807, 2.05) is 54.3 Å². The van der Waals surface area contributed by atoms with Crippen molar-refractivity contribution >= 4 is 27.6 Å². The molecule has 7 heteroatoms. The first-order valence-electron chi connectivity index (χ1n) is 13.4. The van der Waals surface area contributed by atoms with Gasteiger partial charge in [0.2, 0.25) is 5.78 Å². The summed E-state index contributed by atoms with van der Waals surface area (Å²) in [6, 6.07) is 29.6. The largest absolute Gasteiger partial charge is 2.00 e. The minimum Gasteiger partial charge on any atom is -0.509 e. The topological polar surface area (TPSA) is 49.3 Å². The Bertz CT molecular complexity index is 2060. The summed E-state index contributed by atoms with van der Waals surface area (Å²) in [5, 5.41) is 2.25. The Morgan fingerprint density at radius 2 is 1.63 bits per heavy atom. The zero-order chi connectivity index (χ0) is 27.6. The van der Waals surface area contributed by atoms with Crippen molar-refractivity contribution in [3.05, 3.63) is 114 Å². The molecule has 0 fully saturated rings. The van der Waals surface area contributed by atoms with Gasteiger partial charge in [-0.3, -0.25) is 4.40 Å². The number of fused-ring (bicyclic) bond motifs is 4. The zero-order valence-corrected chi connectivity index (χ0v) is 25.8. The van der Waals surface area contributed by atoms with Crippen LogP contribution in [0.15, 0.2) is 85.3 Å². The first-order chi connectivity index (χ1) is 19.3. The smallest absolute Gasteiger partial charge is 0.509 e. The number of ether oxygens (including phenoxy) is 1. The fraction of sp³-hybridized carbons (Fsp3) is 0.176. The molecule has 0 bridgehead atoms. The molecule has 7 aromatic rings. The summed E-state index contributed by atoms with van der Waals surface area (Å²) >= 11 is 0. The van der Waals surface area contributed by atoms with E-state index in [-0.39, 0.29) is 26.5 Å². The van der Waals surface area contributed by atoms with E-state index >= 15 is 0 Å². The molecule has 0 spiro atoms. The Hall–Kier alpha value is -4.15. The van der Waals surface area contributed by atoms with Crippen LogP contribution >= 0.6 is 0 Å². The Morgan fingerprint density at radius 1 is 0.829 bits per heavy atom. The average Bonchev–Trinajstić information content (AvgIpc) is 3.59. The molecule has 0 N–H and O–H groups in total. The molecule has 0 atom stereocenters. The summed E-state index contributed by atoms with van der Waals surface area (Å²) in [6.45, 7) is 10.7. The monoisotopic (exact) mass is 718 g/mol. The van der Waals surface area contributed by atoms with E-state index in [1.54, 1.807) is 0 Å². The Morgan fingerprint density at radius 3 is 2.46 bits per heavy atom. The number of benzene rings is 3. The summed E-state index contributed by atoms with van der Waals surface area (Å²) in [5.41, 5.74) is 6.23. The van der Waals surface area contributed by atoms with Crippen molar-refractivity contribution in [2.24, 2.45) is 0 Å². The molecule has 0 saturated carbocycles. The van der Waals surface area contributed by atoms with Gasteiger partial charge in [0.05, 0.1) is 5.69 Å². The van der Waals surface area contributed by atoms with Crippen LogP contribution < -0.4 is 4.74 Å². The molecule has 0 aliphatic rings. The summed E-state index contributed by atoms with van der Waals surface area (Å²) in [7, 11) is 0. The maximum Gasteiger partial charge on any atom is 2.00 e. The second-order valence-electron chi connectivity index (χ2n) is 11.2. The van der Waals surface area contributed by atoms with Gasteiger partial charge in [-0.1, -0.05) is 50.2 Å². The van der Waals surface area contributed by atoms with E-state index in [9.17, 15) is 0 Å². The van der Waals surface area contributed by atoms with Gasteiger partial charge in [-0.25, -0.2) is 9.97 Å². The number of rotatable bonds is 4. The number of hydrogen-bond acceptors (Lipinski definition) is 3. The molecular formula is C34H29N5OPt. The number of aromatic nitrogens is 5. The van der Waals surface area contributed by atoms with Crippen LogP contribution in [0.25, 0.3) is 39.1 Å². The third-order valence-corrected chi connectivity index (χ3v) is 7.58. The van der Waals surface area contributed by atoms with Crippen LogP contribution in [0.2, 0.25) is 0 Å². The molecule has 4 aromatic heterocycles. The van der Waals surface area contributed by atoms with Crippen molar-refractivity contribution < 1.29 is 25.8 Å². The number of para-hydroxylation sites is 1. The van der Waals surface area contributed by atoms with Gasteiger partial charge in [0.1, 0.15) is 5.82 Å². The first kappa shape index (κ1) is 27.0. The maximum atomic E-state index is 6.35. The van der Waals surface area contributed by atoms with E-state index in [0.29, 0.717) is 11.5 Å². The van der Waals surface area contributed by atoms with Crippen LogP contribution in [-0.2, 0) is 26.5 Å². The summed E-state index contributed by atoms with van der Waals surface area (Å²) in [5.74, 6) is 2.94. The van der Waals surface area contributed by atoms with Gasteiger partial charge in [0, 0.05) is 41.3 Å². The first-order valence-corrected chi connectivity index (χ1v) is 13.4. The van der Waals surface area contributed by atoms with Crippen molar-refractivity contribution in [1.29, 1.82) is 0 Å². The molecule has 3 aromatic carbocycles. The van der Waals surface area contributed by atoms with Crippen LogP contribution in [0.3, 0.4) is 0 Å². The molecule has 0 aliphatic heterocycles. The van der Waals surface area contributed by atoms with Gasteiger partial charge >= 0.3 is 21.1 Å². The van der Waals surface area contributed by atoms with Crippen LogP contribution in [0, 0.1) is 26.0 Å². The number of aryl methyl sites for hydroxylation is 2. The Kier molecular flexibility index (Phi) is 6.62. The molecule has 0 saturated heterocycles. The second-order valence-corrected chi connectivity index (χ2v) is 11.2. The van der Waals surface area contributed by atoms with E-state index in [1.165, 1.54) is 5.56 Å². The van der Waals surface area contributed by atoms with Gasteiger partial charge in [0.25, 0.3) is 0 Å². The zero-order valence-electron chi connectivity index (χ0n) is 23.5. The quantitative estimate of drug-likeness (QED) is 0.174. The van der Waals surface area contributed by atoms with Crippen LogP contribution in [0.1, 0.15) is 37.7 Å². The van der Waals surface area contributed by atoms with Crippen molar-refractivity contribution in [3.8, 4) is 23.0 Å². The summed E-state index contributed by atoms with van der Waals surface area (Å²) in [6.07, 6.45) is 5.91.